The summed E-state index contributed by atoms with van der Waals surface area (Å²) >= 11 is 0. The molecule has 0 aromatic carbocycles. The van der Waals surface area contributed by atoms with Crippen molar-refractivity contribution >= 4 is 23.7 Å². The molecule has 4 amide bonds. The third-order valence-corrected chi connectivity index (χ3v) is 3.36. The van der Waals surface area contributed by atoms with Crippen molar-refractivity contribution in [1.82, 2.24) is 15.4 Å². The molecule has 0 aliphatic carbocycles. The van der Waals surface area contributed by atoms with Crippen LogP contribution in [0.5, 0.6) is 0 Å². The van der Waals surface area contributed by atoms with Gasteiger partial charge in [0, 0.05) is 6.07 Å². The number of nitrogens with zero attached hydrogens (tertiary/aromatic N) is 2. The lowest BCUT2D eigenvalue weighted by molar-refractivity contribution is -0.133. The zero-order valence-electron chi connectivity index (χ0n) is 13.1. The van der Waals surface area contributed by atoms with Crippen molar-refractivity contribution in [3.63, 3.8) is 0 Å². The van der Waals surface area contributed by atoms with Gasteiger partial charge in [-0.3, -0.25) is 14.5 Å². The van der Waals surface area contributed by atoms with Crippen LogP contribution in [-0.2, 0) is 9.59 Å². The zero-order valence-corrected chi connectivity index (χ0v) is 13.1. The number of aromatic nitrogens is 1. The van der Waals surface area contributed by atoms with Gasteiger partial charge in [0.1, 0.15) is 17.8 Å². The van der Waals surface area contributed by atoms with E-state index in [1.54, 1.807) is 19.9 Å². The standard InChI is InChI=1S/C14H20N4O4/c1-8(2)6-14(4)12(20)18(13(21)16-14)7-11(19)15-10-5-9(3)22-17-10/h5,8H,6-7H2,1-4H3,(H,16,21)(H,15,17,19). The number of urea groups is 1. The Morgan fingerprint density at radius 1 is 1.50 bits per heavy atom. The Labute approximate surface area is 128 Å². The van der Waals surface area contributed by atoms with Crippen molar-refractivity contribution in [3.8, 4) is 0 Å². The minimum Gasteiger partial charge on any atom is -0.360 e. The topological polar surface area (TPSA) is 105 Å². The van der Waals surface area contributed by atoms with Crippen molar-refractivity contribution in [1.29, 1.82) is 0 Å². The van der Waals surface area contributed by atoms with Gasteiger partial charge < -0.3 is 15.2 Å². The largest absolute Gasteiger partial charge is 0.360 e. The molecule has 2 rings (SSSR count). The number of anilines is 1. The number of imide groups is 1. The lowest BCUT2D eigenvalue weighted by Crippen LogP contribution is -2.45. The van der Waals surface area contributed by atoms with Crippen LogP contribution in [0.1, 0.15) is 33.0 Å². The summed E-state index contributed by atoms with van der Waals surface area (Å²) in [5, 5.41) is 8.76. The van der Waals surface area contributed by atoms with Gasteiger partial charge in [0.15, 0.2) is 5.82 Å². The van der Waals surface area contributed by atoms with Gasteiger partial charge in [-0.15, -0.1) is 0 Å². The average Bonchev–Trinajstić information content (AvgIpc) is 2.86. The number of hydrogen-bond donors (Lipinski definition) is 2. The molecule has 1 fully saturated rings. The van der Waals surface area contributed by atoms with Crippen LogP contribution in [0.3, 0.4) is 0 Å². The fourth-order valence-corrected chi connectivity index (χ4v) is 2.60. The molecule has 1 aromatic heterocycles. The van der Waals surface area contributed by atoms with Crippen molar-refractivity contribution < 1.29 is 18.9 Å². The first-order chi connectivity index (χ1) is 10.2. The highest BCUT2D eigenvalue weighted by Gasteiger charge is 2.48. The van der Waals surface area contributed by atoms with E-state index in [1.807, 2.05) is 13.8 Å². The molecule has 1 aliphatic heterocycles. The van der Waals surface area contributed by atoms with Gasteiger partial charge in [-0.05, 0) is 26.2 Å². The van der Waals surface area contributed by atoms with Gasteiger partial charge in [0.2, 0.25) is 5.91 Å². The molecule has 22 heavy (non-hydrogen) atoms. The van der Waals surface area contributed by atoms with Crippen LogP contribution in [0.15, 0.2) is 10.6 Å². The Kier molecular flexibility index (Phi) is 4.20. The molecule has 1 saturated heterocycles. The van der Waals surface area contributed by atoms with Crippen molar-refractivity contribution in [2.75, 3.05) is 11.9 Å². The number of rotatable bonds is 5. The molecule has 1 aliphatic rings. The number of carbonyl (C=O) groups excluding carboxylic acids is 3. The molecular weight excluding hydrogens is 288 g/mol. The van der Waals surface area contributed by atoms with Crippen LogP contribution in [0.4, 0.5) is 10.6 Å². The van der Waals surface area contributed by atoms with Gasteiger partial charge >= 0.3 is 6.03 Å². The molecule has 1 aromatic rings. The highest BCUT2D eigenvalue weighted by atomic mass is 16.5. The summed E-state index contributed by atoms with van der Waals surface area (Å²) in [6.45, 7) is 6.94. The SMILES string of the molecule is Cc1cc(NC(=O)CN2C(=O)NC(C)(CC(C)C)C2=O)no1. The monoisotopic (exact) mass is 308 g/mol. The minimum absolute atomic E-state index is 0.237. The Morgan fingerprint density at radius 2 is 2.18 bits per heavy atom. The maximum atomic E-state index is 12.4. The van der Waals surface area contributed by atoms with E-state index in [0.29, 0.717) is 12.2 Å². The van der Waals surface area contributed by atoms with Crippen LogP contribution in [-0.4, -0.2) is 40.0 Å². The van der Waals surface area contributed by atoms with Crippen molar-refractivity contribution in [3.05, 3.63) is 11.8 Å². The Balaban J connectivity index is 2.01. The molecule has 120 valence electrons. The van der Waals surface area contributed by atoms with E-state index < -0.39 is 23.4 Å². The first-order valence-corrected chi connectivity index (χ1v) is 7.08. The molecule has 0 saturated carbocycles. The maximum absolute atomic E-state index is 12.4. The molecule has 8 heteroatoms. The van der Waals surface area contributed by atoms with Crippen LogP contribution < -0.4 is 10.6 Å². The van der Waals surface area contributed by atoms with Gasteiger partial charge in [-0.2, -0.15) is 0 Å². The number of nitrogens with one attached hydrogen (secondary N) is 2. The molecule has 2 heterocycles. The number of carbonyl (C=O) groups is 3. The molecule has 0 spiro atoms. The summed E-state index contributed by atoms with van der Waals surface area (Å²) in [7, 11) is 0. The van der Waals surface area contributed by atoms with Crippen LogP contribution >= 0.6 is 0 Å². The predicted octanol–water partition coefficient (Wildman–Crippen LogP) is 1.28. The maximum Gasteiger partial charge on any atom is 0.325 e. The quantitative estimate of drug-likeness (QED) is 0.797. The molecule has 2 N–H and O–H groups in total. The molecule has 0 bridgehead atoms. The summed E-state index contributed by atoms with van der Waals surface area (Å²) in [6, 6.07) is 0.992. The normalized spacial score (nSPS) is 21.4. The van der Waals surface area contributed by atoms with Gasteiger partial charge in [-0.25, -0.2) is 4.79 Å². The Bertz CT molecular complexity index is 610. The second kappa shape index (κ2) is 5.78. The summed E-state index contributed by atoms with van der Waals surface area (Å²) in [5.74, 6) is 0.138. The second-order valence-electron chi connectivity index (χ2n) is 6.12. The van der Waals surface area contributed by atoms with E-state index in [4.69, 9.17) is 4.52 Å². The molecule has 1 unspecified atom stereocenters. The summed E-state index contributed by atoms with van der Waals surface area (Å²) in [4.78, 5) is 37.2. The van der Waals surface area contributed by atoms with Crippen LogP contribution in [0.25, 0.3) is 0 Å². The lowest BCUT2D eigenvalue weighted by atomic mass is 9.91. The van der Waals surface area contributed by atoms with E-state index in [1.165, 1.54) is 0 Å². The third-order valence-electron chi connectivity index (χ3n) is 3.36. The van der Waals surface area contributed by atoms with Crippen LogP contribution in [0.2, 0.25) is 0 Å². The van der Waals surface area contributed by atoms with Gasteiger partial charge in [0.25, 0.3) is 5.91 Å². The van der Waals surface area contributed by atoms with E-state index in [2.05, 4.69) is 15.8 Å². The minimum atomic E-state index is -0.962. The molecular formula is C14H20N4O4. The first-order valence-electron chi connectivity index (χ1n) is 7.08. The smallest absolute Gasteiger partial charge is 0.325 e. The number of aryl methyl sites for hydroxylation is 1. The van der Waals surface area contributed by atoms with Crippen molar-refractivity contribution in [2.24, 2.45) is 5.92 Å². The summed E-state index contributed by atoms with van der Waals surface area (Å²) in [6.07, 6.45) is 0.512. The lowest BCUT2D eigenvalue weighted by Gasteiger charge is -2.23. The summed E-state index contributed by atoms with van der Waals surface area (Å²) in [5.41, 5.74) is -0.962. The highest BCUT2D eigenvalue weighted by Crippen LogP contribution is 2.24. The van der Waals surface area contributed by atoms with Gasteiger partial charge in [-0.1, -0.05) is 19.0 Å². The molecule has 8 nitrogen and oxygen atoms in total. The summed E-state index contributed by atoms with van der Waals surface area (Å²) < 4.78 is 4.83. The molecule has 1 atom stereocenters. The van der Waals surface area contributed by atoms with E-state index in [9.17, 15) is 14.4 Å². The van der Waals surface area contributed by atoms with E-state index >= 15 is 0 Å². The van der Waals surface area contributed by atoms with Gasteiger partial charge in [0.05, 0.1) is 0 Å². The molecule has 0 radical (unpaired) electrons. The second-order valence-corrected chi connectivity index (χ2v) is 6.12. The zero-order chi connectivity index (χ0) is 16.5. The van der Waals surface area contributed by atoms with E-state index in [0.717, 1.165) is 4.90 Å². The fourth-order valence-electron chi connectivity index (χ4n) is 2.60. The Morgan fingerprint density at radius 3 is 2.73 bits per heavy atom. The van der Waals surface area contributed by atoms with Crippen LogP contribution in [0, 0.1) is 12.8 Å². The highest BCUT2D eigenvalue weighted by molar-refractivity contribution is 6.09. The number of amides is 4. The predicted molar refractivity (Wildman–Crippen MR) is 78.0 cm³/mol. The van der Waals surface area contributed by atoms with E-state index in [-0.39, 0.29) is 18.3 Å². The average molecular weight is 308 g/mol. The third kappa shape index (κ3) is 3.26. The fraction of sp³-hybridized carbons (Fsp3) is 0.571. The Hall–Kier alpha value is -2.38. The first kappa shape index (κ1) is 16.0. The van der Waals surface area contributed by atoms with Crippen molar-refractivity contribution in [2.45, 2.75) is 39.7 Å². The number of hydrogen-bond acceptors (Lipinski definition) is 5.